The number of nitrogens with zero attached hydrogens (tertiary/aromatic N) is 3. The first-order chi connectivity index (χ1) is 9.65. The van der Waals surface area contributed by atoms with E-state index < -0.39 is 0 Å². The summed E-state index contributed by atoms with van der Waals surface area (Å²) in [4.78, 5) is 13.9. The Balaban J connectivity index is 0.00000220. The maximum atomic E-state index is 12.0. The molecule has 0 aromatic carbocycles. The highest BCUT2D eigenvalue weighted by Gasteiger charge is 2.22. The van der Waals surface area contributed by atoms with Crippen molar-refractivity contribution in [3.63, 3.8) is 0 Å². The molecule has 0 bridgehead atoms. The normalized spacial score (nSPS) is 16.2. The molecule has 8 heteroatoms. The molecule has 1 atom stereocenters. The number of hydrogen-bond acceptors (Lipinski definition) is 5. The van der Waals surface area contributed by atoms with Crippen molar-refractivity contribution < 1.29 is 4.79 Å². The molecule has 1 saturated heterocycles. The Kier molecular flexibility index (Phi) is 10.1. The number of hydrogen-bond donors (Lipinski definition) is 2. The number of carbonyl (C=O) groups excluding carboxylic acids is 1. The summed E-state index contributed by atoms with van der Waals surface area (Å²) >= 11 is 0. The highest BCUT2D eigenvalue weighted by molar-refractivity contribution is 5.85. The lowest BCUT2D eigenvalue weighted by atomic mass is 10.0. The van der Waals surface area contributed by atoms with Crippen molar-refractivity contribution in [2.24, 2.45) is 5.73 Å². The first-order valence-electron chi connectivity index (χ1n) is 7.22. The zero-order valence-corrected chi connectivity index (χ0v) is 14.4. The van der Waals surface area contributed by atoms with Crippen LogP contribution in [0.15, 0.2) is 18.3 Å². The van der Waals surface area contributed by atoms with Crippen LogP contribution < -0.4 is 11.1 Å². The maximum absolute atomic E-state index is 12.0. The van der Waals surface area contributed by atoms with Gasteiger partial charge in [0.2, 0.25) is 5.91 Å². The summed E-state index contributed by atoms with van der Waals surface area (Å²) in [5, 5.41) is 11.2. The Morgan fingerprint density at radius 3 is 2.68 bits per heavy atom. The van der Waals surface area contributed by atoms with Crippen LogP contribution in [0.3, 0.4) is 0 Å². The minimum atomic E-state index is 0. The van der Waals surface area contributed by atoms with Gasteiger partial charge in [0.25, 0.3) is 0 Å². The topological polar surface area (TPSA) is 84.1 Å². The predicted octanol–water partition coefficient (Wildman–Crippen LogP) is 1.85. The molecule has 1 aromatic rings. The fraction of sp³-hybridized carbons (Fsp3) is 0.643. The Hall–Kier alpha value is -1.11. The van der Waals surface area contributed by atoms with E-state index in [-0.39, 0.29) is 36.8 Å². The summed E-state index contributed by atoms with van der Waals surface area (Å²) in [6, 6.07) is 4.23. The van der Waals surface area contributed by atoms with Crippen LogP contribution in [0.4, 0.5) is 5.82 Å². The third-order valence-corrected chi connectivity index (χ3v) is 3.59. The number of nitrogens with one attached hydrogen (secondary N) is 1. The summed E-state index contributed by atoms with van der Waals surface area (Å²) < 4.78 is 0. The van der Waals surface area contributed by atoms with Crippen LogP contribution >= 0.6 is 24.8 Å². The van der Waals surface area contributed by atoms with Gasteiger partial charge in [0.1, 0.15) is 5.82 Å². The molecule has 6 nitrogen and oxygen atoms in total. The number of carbonyl (C=O) groups is 1. The average Bonchev–Trinajstić information content (AvgIpc) is 2.46. The highest BCUT2D eigenvalue weighted by Crippen LogP contribution is 2.15. The van der Waals surface area contributed by atoms with Gasteiger partial charge in [-0.15, -0.1) is 29.9 Å². The largest absolute Gasteiger partial charge is 0.366 e. The van der Waals surface area contributed by atoms with Crippen molar-refractivity contribution in [2.45, 2.75) is 44.7 Å². The quantitative estimate of drug-likeness (QED) is 0.847. The van der Waals surface area contributed by atoms with Crippen molar-refractivity contribution in [1.29, 1.82) is 0 Å². The molecule has 126 valence electrons. The maximum Gasteiger partial charge on any atom is 0.222 e. The van der Waals surface area contributed by atoms with E-state index in [2.05, 4.69) is 15.5 Å². The Labute approximate surface area is 144 Å². The van der Waals surface area contributed by atoms with Crippen LogP contribution in [0.25, 0.3) is 0 Å². The SMILES string of the molecule is CC(N)CCC(=O)N1CCC(Nc2cccnn2)CC1.Cl.Cl. The van der Waals surface area contributed by atoms with Crippen molar-refractivity contribution in [2.75, 3.05) is 18.4 Å². The second-order valence-corrected chi connectivity index (χ2v) is 5.42. The molecule has 0 spiro atoms. The minimum Gasteiger partial charge on any atom is -0.366 e. The van der Waals surface area contributed by atoms with E-state index in [0.717, 1.165) is 38.2 Å². The number of rotatable bonds is 5. The van der Waals surface area contributed by atoms with Gasteiger partial charge in [-0.3, -0.25) is 4.79 Å². The zero-order chi connectivity index (χ0) is 14.4. The monoisotopic (exact) mass is 349 g/mol. The third kappa shape index (κ3) is 6.77. The summed E-state index contributed by atoms with van der Waals surface area (Å²) in [7, 11) is 0. The third-order valence-electron chi connectivity index (χ3n) is 3.59. The fourth-order valence-electron chi connectivity index (χ4n) is 2.37. The molecule has 2 rings (SSSR count). The predicted molar refractivity (Wildman–Crippen MR) is 92.6 cm³/mol. The summed E-state index contributed by atoms with van der Waals surface area (Å²) in [5.74, 6) is 1.02. The molecule has 0 aliphatic carbocycles. The number of piperidine rings is 1. The molecule has 1 aliphatic heterocycles. The van der Waals surface area contributed by atoms with Gasteiger partial charge in [-0.1, -0.05) is 0 Å². The van der Waals surface area contributed by atoms with E-state index >= 15 is 0 Å². The van der Waals surface area contributed by atoms with Gasteiger partial charge in [-0.2, -0.15) is 5.10 Å². The molecule has 22 heavy (non-hydrogen) atoms. The highest BCUT2D eigenvalue weighted by atomic mass is 35.5. The van der Waals surface area contributed by atoms with Crippen LogP contribution in [0, 0.1) is 0 Å². The molecular weight excluding hydrogens is 325 g/mol. The lowest BCUT2D eigenvalue weighted by Crippen LogP contribution is -2.42. The van der Waals surface area contributed by atoms with Crippen LogP contribution in [0.1, 0.15) is 32.6 Å². The van der Waals surface area contributed by atoms with Crippen molar-refractivity contribution >= 4 is 36.5 Å². The van der Waals surface area contributed by atoms with E-state index in [1.807, 2.05) is 24.0 Å². The van der Waals surface area contributed by atoms with E-state index in [4.69, 9.17) is 5.73 Å². The molecular formula is C14H25Cl2N5O. The molecule has 3 N–H and O–H groups in total. The van der Waals surface area contributed by atoms with E-state index in [9.17, 15) is 4.79 Å². The minimum absolute atomic E-state index is 0. The number of likely N-dealkylation sites (tertiary alicyclic amines) is 1. The second kappa shape index (κ2) is 10.6. The Morgan fingerprint density at radius 2 is 2.14 bits per heavy atom. The van der Waals surface area contributed by atoms with Crippen molar-refractivity contribution in [3.8, 4) is 0 Å². The van der Waals surface area contributed by atoms with Gasteiger partial charge in [0, 0.05) is 37.8 Å². The number of amides is 1. The van der Waals surface area contributed by atoms with E-state index in [0.29, 0.717) is 12.5 Å². The van der Waals surface area contributed by atoms with Gasteiger partial charge in [-0.05, 0) is 38.3 Å². The van der Waals surface area contributed by atoms with Gasteiger partial charge in [0.05, 0.1) is 0 Å². The number of nitrogens with two attached hydrogens (primary N) is 1. The first-order valence-corrected chi connectivity index (χ1v) is 7.22. The van der Waals surface area contributed by atoms with E-state index in [1.165, 1.54) is 0 Å². The molecule has 0 saturated carbocycles. The smallest absolute Gasteiger partial charge is 0.222 e. The first kappa shape index (κ1) is 20.9. The van der Waals surface area contributed by atoms with Crippen LogP contribution in [0.2, 0.25) is 0 Å². The standard InChI is InChI=1S/C14H23N5O.2ClH/c1-11(15)4-5-14(20)19-9-6-12(7-10-19)17-13-3-2-8-16-18-13;;/h2-3,8,11-12H,4-7,9-10,15H2,1H3,(H,17,18);2*1H. The molecule has 1 unspecified atom stereocenters. The molecule has 1 fully saturated rings. The molecule has 1 aromatic heterocycles. The Bertz CT molecular complexity index is 425. The molecule has 1 amide bonds. The van der Waals surface area contributed by atoms with Gasteiger partial charge in [0.15, 0.2) is 0 Å². The lowest BCUT2D eigenvalue weighted by molar-refractivity contribution is -0.132. The molecule has 2 heterocycles. The van der Waals surface area contributed by atoms with Crippen LogP contribution in [-0.2, 0) is 4.79 Å². The fourth-order valence-corrected chi connectivity index (χ4v) is 2.37. The van der Waals surface area contributed by atoms with Gasteiger partial charge < -0.3 is 16.0 Å². The second-order valence-electron chi connectivity index (χ2n) is 5.42. The van der Waals surface area contributed by atoms with Gasteiger partial charge in [-0.25, -0.2) is 0 Å². The zero-order valence-electron chi connectivity index (χ0n) is 12.8. The summed E-state index contributed by atoms with van der Waals surface area (Å²) in [6.07, 6.45) is 4.86. The number of anilines is 1. The van der Waals surface area contributed by atoms with Gasteiger partial charge >= 0.3 is 0 Å². The number of halogens is 2. The van der Waals surface area contributed by atoms with Crippen molar-refractivity contribution in [3.05, 3.63) is 18.3 Å². The Morgan fingerprint density at radius 1 is 1.45 bits per heavy atom. The van der Waals surface area contributed by atoms with E-state index in [1.54, 1.807) is 6.20 Å². The van der Waals surface area contributed by atoms with Crippen LogP contribution in [-0.4, -0.2) is 46.2 Å². The number of aromatic nitrogens is 2. The molecule has 1 aliphatic rings. The summed E-state index contributed by atoms with van der Waals surface area (Å²) in [6.45, 7) is 3.54. The average molecular weight is 350 g/mol. The van der Waals surface area contributed by atoms with Crippen molar-refractivity contribution in [1.82, 2.24) is 15.1 Å². The summed E-state index contributed by atoms with van der Waals surface area (Å²) in [5.41, 5.74) is 5.68. The van der Waals surface area contributed by atoms with Crippen LogP contribution in [0.5, 0.6) is 0 Å². The lowest BCUT2D eigenvalue weighted by Gasteiger charge is -2.32. The molecule has 0 radical (unpaired) electrons.